The molecule has 2 aliphatic heterocycles. The number of aromatic nitrogens is 5. The summed E-state index contributed by atoms with van der Waals surface area (Å²) in [5, 5.41) is 14.0. The Kier molecular flexibility index (Phi) is 5.22. The molecule has 4 aromatic rings. The third kappa shape index (κ3) is 3.95. The highest BCUT2D eigenvalue weighted by Crippen LogP contribution is 2.38. The minimum atomic E-state index is 0.352. The average molecular weight is 461 g/mol. The Labute approximate surface area is 196 Å². The number of hydrogen-bond donors (Lipinski definition) is 3. The van der Waals surface area contributed by atoms with Crippen LogP contribution in [0.4, 0.5) is 11.8 Å². The van der Waals surface area contributed by atoms with Gasteiger partial charge in [-0.3, -0.25) is 15.0 Å². The quantitative estimate of drug-likeness (QED) is 0.406. The minimum absolute atomic E-state index is 0.352. The van der Waals surface area contributed by atoms with Gasteiger partial charge in [0.25, 0.3) is 0 Å². The third-order valence-electron chi connectivity index (χ3n) is 6.97. The Bertz CT molecular complexity index is 1250. The Morgan fingerprint density at radius 1 is 1.21 bits per heavy atom. The van der Waals surface area contributed by atoms with E-state index in [1.807, 2.05) is 25.3 Å². The highest BCUT2D eigenvalue weighted by Gasteiger charge is 2.38. The van der Waals surface area contributed by atoms with E-state index in [-0.39, 0.29) is 0 Å². The molecule has 2 aliphatic rings. The van der Waals surface area contributed by atoms with Gasteiger partial charge in [0.1, 0.15) is 10.6 Å². The van der Waals surface area contributed by atoms with E-state index in [1.54, 1.807) is 11.3 Å². The van der Waals surface area contributed by atoms with Crippen LogP contribution < -0.4 is 11.1 Å². The van der Waals surface area contributed by atoms with E-state index in [9.17, 15) is 0 Å². The van der Waals surface area contributed by atoms with Crippen molar-refractivity contribution in [3.63, 3.8) is 0 Å². The van der Waals surface area contributed by atoms with Gasteiger partial charge in [0.05, 0.1) is 16.8 Å². The normalized spacial score (nSPS) is 23.1. The molecular weight excluding hydrogens is 432 g/mol. The molecule has 33 heavy (non-hydrogen) atoms. The Hall–Kier alpha value is -3.04. The largest absolute Gasteiger partial charge is 0.383 e. The van der Waals surface area contributed by atoms with Crippen molar-refractivity contribution in [1.29, 1.82) is 0 Å². The number of anilines is 2. The summed E-state index contributed by atoms with van der Waals surface area (Å²) in [7, 11) is 0. The fraction of sp³-hybridized carbons (Fsp3) is 0.417. The molecule has 2 saturated heterocycles. The molecule has 0 saturated carbocycles. The van der Waals surface area contributed by atoms with Crippen molar-refractivity contribution in [2.75, 3.05) is 11.1 Å². The van der Waals surface area contributed by atoms with Crippen LogP contribution in [-0.4, -0.2) is 48.2 Å². The van der Waals surface area contributed by atoms with Gasteiger partial charge >= 0.3 is 0 Å². The summed E-state index contributed by atoms with van der Waals surface area (Å²) in [5.74, 6) is 1.14. The highest BCUT2D eigenvalue weighted by atomic mass is 32.1. The molecule has 0 unspecified atom stereocenters. The molecule has 4 N–H and O–H groups in total. The first-order valence-corrected chi connectivity index (χ1v) is 12.5. The summed E-state index contributed by atoms with van der Waals surface area (Å²) in [5.41, 5.74) is 10.4. The number of hydrogen-bond acceptors (Lipinski definition) is 8. The zero-order valence-electron chi connectivity index (χ0n) is 18.7. The number of fused-ring (bicyclic) bond motifs is 3. The minimum Gasteiger partial charge on any atom is -0.383 e. The molecular formula is C24H28N8S. The van der Waals surface area contributed by atoms with Gasteiger partial charge in [-0.25, -0.2) is 4.98 Å². The maximum Gasteiger partial charge on any atom is 0.226 e. The number of nitrogens with two attached hydrogens (primary N) is 1. The molecule has 9 heteroatoms. The van der Waals surface area contributed by atoms with Gasteiger partial charge in [-0.15, -0.1) is 11.3 Å². The van der Waals surface area contributed by atoms with E-state index in [2.05, 4.69) is 47.9 Å². The first kappa shape index (κ1) is 20.6. The average Bonchev–Trinajstić information content (AvgIpc) is 3.41. The van der Waals surface area contributed by atoms with Crippen LogP contribution in [0.5, 0.6) is 0 Å². The van der Waals surface area contributed by atoms with E-state index in [1.165, 1.54) is 19.3 Å². The zero-order valence-corrected chi connectivity index (χ0v) is 19.5. The second-order valence-electron chi connectivity index (χ2n) is 9.24. The maximum atomic E-state index is 6.41. The van der Waals surface area contributed by atoms with Crippen LogP contribution in [0.25, 0.3) is 21.5 Å². The predicted octanol–water partition coefficient (Wildman–Crippen LogP) is 4.36. The van der Waals surface area contributed by atoms with Crippen LogP contribution in [0.1, 0.15) is 43.5 Å². The predicted molar refractivity (Wildman–Crippen MR) is 132 cm³/mol. The number of thiophene rings is 1. The van der Waals surface area contributed by atoms with Crippen LogP contribution in [-0.2, 0) is 6.54 Å². The van der Waals surface area contributed by atoms with Crippen molar-refractivity contribution in [1.82, 2.24) is 30.0 Å². The van der Waals surface area contributed by atoms with Gasteiger partial charge in [-0.05, 0) is 50.8 Å². The molecule has 3 atom stereocenters. The fourth-order valence-corrected chi connectivity index (χ4v) is 6.43. The van der Waals surface area contributed by atoms with E-state index in [4.69, 9.17) is 10.7 Å². The van der Waals surface area contributed by atoms with E-state index >= 15 is 0 Å². The summed E-state index contributed by atoms with van der Waals surface area (Å²) in [6.45, 7) is 2.92. The monoisotopic (exact) mass is 460 g/mol. The summed E-state index contributed by atoms with van der Waals surface area (Å²) >= 11 is 1.59. The number of piperidine rings is 2. The van der Waals surface area contributed by atoms with Crippen molar-refractivity contribution in [3.8, 4) is 11.3 Å². The highest BCUT2D eigenvalue weighted by molar-refractivity contribution is 7.17. The van der Waals surface area contributed by atoms with Gasteiger partial charge in [-0.1, -0.05) is 12.5 Å². The van der Waals surface area contributed by atoms with Crippen LogP contribution in [0.2, 0.25) is 0 Å². The SMILES string of the molecule is Cc1cc(-c2csc3nc(N[C@@H]4C[C@H]5CCC[C@@H](C4)N5Cc4ccccn4)nc(N)c23)n[nH]1. The lowest BCUT2D eigenvalue weighted by molar-refractivity contribution is 0.0266. The lowest BCUT2D eigenvalue weighted by Gasteiger charge is -2.49. The number of H-pyrrole nitrogens is 1. The first-order valence-electron chi connectivity index (χ1n) is 11.6. The van der Waals surface area contributed by atoms with Gasteiger partial charge in [0.15, 0.2) is 0 Å². The molecule has 4 aromatic heterocycles. The number of aryl methyl sites for hydroxylation is 1. The molecule has 0 aromatic carbocycles. The molecule has 6 heterocycles. The van der Waals surface area contributed by atoms with E-state index in [0.717, 1.165) is 52.2 Å². The van der Waals surface area contributed by atoms with Crippen molar-refractivity contribution in [2.24, 2.45) is 0 Å². The summed E-state index contributed by atoms with van der Waals surface area (Å²) in [6, 6.07) is 9.69. The van der Waals surface area contributed by atoms with Crippen LogP contribution in [0.15, 0.2) is 35.8 Å². The standard InChI is InChI=1S/C24H28N8S/c1-14-9-20(31-30-14)19-13-33-23-21(19)22(25)28-24(29-23)27-16-10-17-6-4-7-18(11-16)32(17)12-15-5-2-3-8-26-15/h2-3,5,8-9,13,16-18H,4,6-7,10-12H2,1H3,(H,30,31)(H3,25,27,28,29)/t16-,17-,18+. The summed E-state index contributed by atoms with van der Waals surface area (Å²) < 4.78 is 0. The molecule has 0 amide bonds. The molecule has 0 radical (unpaired) electrons. The molecule has 0 spiro atoms. The molecule has 2 bridgehead atoms. The second-order valence-corrected chi connectivity index (χ2v) is 10.1. The smallest absolute Gasteiger partial charge is 0.226 e. The number of nitrogens with zero attached hydrogens (tertiary/aromatic N) is 5. The van der Waals surface area contributed by atoms with E-state index in [0.29, 0.717) is 29.9 Å². The van der Waals surface area contributed by atoms with Gasteiger partial charge < -0.3 is 11.1 Å². The number of nitrogens with one attached hydrogen (secondary N) is 2. The molecule has 8 nitrogen and oxygen atoms in total. The van der Waals surface area contributed by atoms with Gasteiger partial charge in [0.2, 0.25) is 5.95 Å². The number of rotatable bonds is 5. The van der Waals surface area contributed by atoms with Crippen molar-refractivity contribution in [3.05, 3.63) is 47.2 Å². The van der Waals surface area contributed by atoms with Crippen LogP contribution in [0, 0.1) is 6.92 Å². The van der Waals surface area contributed by atoms with Gasteiger partial charge in [0, 0.05) is 47.5 Å². The summed E-state index contributed by atoms with van der Waals surface area (Å²) in [6.07, 6.45) is 7.85. The van der Waals surface area contributed by atoms with Crippen LogP contribution >= 0.6 is 11.3 Å². The van der Waals surface area contributed by atoms with E-state index < -0.39 is 0 Å². The molecule has 6 rings (SSSR count). The topological polar surface area (TPSA) is 109 Å². The van der Waals surface area contributed by atoms with Crippen molar-refractivity contribution in [2.45, 2.75) is 63.7 Å². The Morgan fingerprint density at radius 2 is 2.06 bits per heavy atom. The second kappa shape index (κ2) is 8.39. The zero-order chi connectivity index (χ0) is 22.4. The summed E-state index contributed by atoms with van der Waals surface area (Å²) in [4.78, 5) is 17.6. The molecule has 0 aliphatic carbocycles. The number of pyridine rings is 1. The molecule has 2 fully saturated rings. The van der Waals surface area contributed by atoms with Crippen molar-refractivity contribution >= 4 is 33.3 Å². The van der Waals surface area contributed by atoms with Gasteiger partial charge in [-0.2, -0.15) is 10.1 Å². The lowest BCUT2D eigenvalue weighted by Crippen LogP contribution is -2.54. The third-order valence-corrected chi connectivity index (χ3v) is 7.85. The Morgan fingerprint density at radius 3 is 2.79 bits per heavy atom. The lowest BCUT2D eigenvalue weighted by atomic mass is 9.81. The van der Waals surface area contributed by atoms with Crippen LogP contribution in [0.3, 0.4) is 0 Å². The maximum absolute atomic E-state index is 6.41. The molecule has 170 valence electrons. The number of aromatic amines is 1. The first-order chi connectivity index (χ1) is 16.1. The fourth-order valence-electron chi connectivity index (χ4n) is 5.49. The Balaban J connectivity index is 1.20. The number of nitrogen functional groups attached to an aromatic ring is 1. The van der Waals surface area contributed by atoms with Crippen molar-refractivity contribution < 1.29 is 0 Å².